The lowest BCUT2D eigenvalue weighted by molar-refractivity contribution is -0.144. The zero-order valence-electron chi connectivity index (χ0n) is 7.96. The van der Waals surface area contributed by atoms with Gasteiger partial charge in [0.1, 0.15) is 7.85 Å². The molecule has 0 aromatic carbocycles. The van der Waals surface area contributed by atoms with Crippen LogP contribution in [0, 0.1) is 5.92 Å². The minimum Gasteiger partial charge on any atom is -0.469 e. The van der Waals surface area contributed by atoms with Crippen molar-refractivity contribution in [2.75, 3.05) is 7.11 Å². The number of carbonyl (C=O) groups excluding carboxylic acids is 1. The average Bonchev–Trinajstić information content (AvgIpc) is 2.01. The second-order valence-corrected chi connectivity index (χ2v) is 3.69. The first-order chi connectivity index (χ1) is 5.63. The third-order valence-electron chi connectivity index (χ3n) is 2.32. The molecular weight excluding hydrogens is 151 g/mol. The Morgan fingerprint density at radius 3 is 2.92 bits per heavy atom. The molecule has 0 amide bonds. The van der Waals surface area contributed by atoms with E-state index < -0.39 is 0 Å². The molecule has 2 nitrogen and oxygen atoms in total. The van der Waals surface area contributed by atoms with E-state index >= 15 is 0 Å². The van der Waals surface area contributed by atoms with Crippen LogP contribution in [0.15, 0.2) is 11.6 Å². The highest BCUT2D eigenvalue weighted by molar-refractivity contribution is 6.12. The second kappa shape index (κ2) is 3.79. The van der Waals surface area contributed by atoms with Crippen LogP contribution < -0.4 is 0 Å². The van der Waals surface area contributed by atoms with Gasteiger partial charge in [0.05, 0.1) is 13.0 Å². The summed E-state index contributed by atoms with van der Waals surface area (Å²) < 4.78 is 4.70. The first-order valence-corrected chi connectivity index (χ1v) is 4.38. The van der Waals surface area contributed by atoms with Crippen LogP contribution >= 0.6 is 0 Å². The van der Waals surface area contributed by atoms with E-state index in [4.69, 9.17) is 4.74 Å². The summed E-state index contributed by atoms with van der Waals surface area (Å²) in [4.78, 5) is 11.2. The lowest BCUT2D eigenvalue weighted by atomic mass is 9.72. The first-order valence-electron chi connectivity index (χ1n) is 4.38. The number of allylic oxidation sites excluding steroid dienone is 1. The molecule has 0 N–H and O–H groups in total. The molecule has 2 atom stereocenters. The zero-order chi connectivity index (χ0) is 9.14. The van der Waals surface area contributed by atoms with E-state index in [-0.39, 0.29) is 11.9 Å². The summed E-state index contributed by atoms with van der Waals surface area (Å²) in [6.45, 7) is 2.08. The van der Waals surface area contributed by atoms with Gasteiger partial charge in [-0.1, -0.05) is 17.5 Å². The van der Waals surface area contributed by atoms with E-state index in [1.54, 1.807) is 0 Å². The minimum atomic E-state index is -0.0964. The molecule has 1 unspecified atom stereocenters. The van der Waals surface area contributed by atoms with E-state index in [1.807, 2.05) is 6.08 Å². The molecule has 0 bridgehead atoms. The third kappa shape index (κ3) is 2.13. The van der Waals surface area contributed by atoms with Gasteiger partial charge in [0, 0.05) is 0 Å². The summed E-state index contributed by atoms with van der Waals surface area (Å²) in [6, 6.07) is 0. The van der Waals surface area contributed by atoms with Gasteiger partial charge in [-0.05, 0) is 19.8 Å². The molecule has 0 radical (unpaired) electrons. The van der Waals surface area contributed by atoms with Gasteiger partial charge in [0.25, 0.3) is 0 Å². The Hall–Kier alpha value is -0.725. The van der Waals surface area contributed by atoms with Crippen LogP contribution in [0.25, 0.3) is 0 Å². The van der Waals surface area contributed by atoms with Gasteiger partial charge >= 0.3 is 5.97 Å². The standard InChI is InChI=1S/C9H15BO2/c1-6-3-7(9(11)12-2)5-8(10)4-6/h3,7-8H,4-5,10H2,1-2H3/t7?,8-/m0/s1. The van der Waals surface area contributed by atoms with Gasteiger partial charge in [-0.2, -0.15) is 0 Å². The van der Waals surface area contributed by atoms with Gasteiger partial charge in [0.2, 0.25) is 0 Å². The second-order valence-electron chi connectivity index (χ2n) is 3.69. The largest absolute Gasteiger partial charge is 0.469 e. The highest BCUT2D eigenvalue weighted by Crippen LogP contribution is 2.30. The maximum Gasteiger partial charge on any atom is 0.312 e. The van der Waals surface area contributed by atoms with Gasteiger partial charge < -0.3 is 4.74 Å². The Balaban J connectivity index is 2.66. The van der Waals surface area contributed by atoms with E-state index in [2.05, 4.69) is 14.8 Å². The molecule has 0 aliphatic heterocycles. The molecule has 3 heteroatoms. The Kier molecular flexibility index (Phi) is 2.96. The Bertz CT molecular complexity index is 211. The molecular formula is C9H15BO2. The van der Waals surface area contributed by atoms with Crippen molar-refractivity contribution in [1.82, 2.24) is 0 Å². The normalized spacial score (nSPS) is 29.3. The maximum absolute atomic E-state index is 11.2. The predicted molar refractivity (Wildman–Crippen MR) is 50.8 cm³/mol. The topological polar surface area (TPSA) is 26.3 Å². The highest BCUT2D eigenvalue weighted by Gasteiger charge is 2.23. The third-order valence-corrected chi connectivity index (χ3v) is 2.32. The summed E-state index contributed by atoms with van der Waals surface area (Å²) >= 11 is 0. The zero-order valence-corrected chi connectivity index (χ0v) is 7.96. The molecule has 1 aliphatic rings. The monoisotopic (exact) mass is 166 g/mol. The molecule has 0 fully saturated rings. The molecule has 0 heterocycles. The van der Waals surface area contributed by atoms with E-state index in [9.17, 15) is 4.79 Å². The van der Waals surface area contributed by atoms with Crippen molar-refractivity contribution >= 4 is 13.8 Å². The number of carbonyl (C=O) groups is 1. The molecule has 0 saturated heterocycles. The number of esters is 1. The minimum absolute atomic E-state index is 0.00116. The number of rotatable bonds is 1. The smallest absolute Gasteiger partial charge is 0.312 e. The van der Waals surface area contributed by atoms with Crippen LogP contribution in [-0.2, 0) is 9.53 Å². The van der Waals surface area contributed by atoms with Crippen LogP contribution in [0.4, 0.5) is 0 Å². The molecule has 1 rings (SSSR count). The predicted octanol–water partition coefficient (Wildman–Crippen LogP) is 0.937. The summed E-state index contributed by atoms with van der Waals surface area (Å²) in [5, 5.41) is 0. The molecule has 0 saturated carbocycles. The fourth-order valence-corrected chi connectivity index (χ4v) is 1.86. The van der Waals surface area contributed by atoms with E-state index in [0.29, 0.717) is 5.82 Å². The number of ether oxygens (including phenoxy) is 1. The van der Waals surface area contributed by atoms with Crippen molar-refractivity contribution in [1.29, 1.82) is 0 Å². The SMILES string of the molecule is B[C@H]1CC(C)=CC(C(=O)OC)C1. The summed E-state index contributed by atoms with van der Waals surface area (Å²) in [5.74, 6) is 0.513. The summed E-state index contributed by atoms with van der Waals surface area (Å²) in [6.07, 6.45) is 4.09. The van der Waals surface area contributed by atoms with Crippen molar-refractivity contribution in [3.63, 3.8) is 0 Å². The highest BCUT2D eigenvalue weighted by atomic mass is 16.5. The summed E-state index contributed by atoms with van der Waals surface area (Å²) in [5.41, 5.74) is 1.31. The van der Waals surface area contributed by atoms with Gasteiger partial charge in [-0.3, -0.25) is 4.79 Å². The van der Waals surface area contributed by atoms with Crippen LogP contribution in [0.2, 0.25) is 5.82 Å². The van der Waals surface area contributed by atoms with Gasteiger partial charge in [-0.25, -0.2) is 0 Å². The van der Waals surface area contributed by atoms with Gasteiger partial charge in [0.15, 0.2) is 0 Å². The molecule has 0 spiro atoms. The fourth-order valence-electron chi connectivity index (χ4n) is 1.86. The fraction of sp³-hybridized carbons (Fsp3) is 0.667. The van der Waals surface area contributed by atoms with E-state index in [1.165, 1.54) is 12.7 Å². The molecule has 0 aromatic heterocycles. The quantitative estimate of drug-likeness (QED) is 0.329. The number of methoxy groups -OCH3 is 1. The Morgan fingerprint density at radius 1 is 1.75 bits per heavy atom. The molecule has 0 aromatic rings. The van der Waals surface area contributed by atoms with Crippen LogP contribution in [0.1, 0.15) is 19.8 Å². The molecule has 12 heavy (non-hydrogen) atoms. The van der Waals surface area contributed by atoms with Crippen molar-refractivity contribution in [3.05, 3.63) is 11.6 Å². The van der Waals surface area contributed by atoms with Crippen molar-refractivity contribution in [2.24, 2.45) is 5.92 Å². The molecule has 66 valence electrons. The van der Waals surface area contributed by atoms with E-state index in [0.717, 1.165) is 12.8 Å². The number of hydrogen-bond donors (Lipinski definition) is 0. The average molecular weight is 166 g/mol. The van der Waals surface area contributed by atoms with Gasteiger partial charge in [-0.15, -0.1) is 0 Å². The Morgan fingerprint density at radius 2 is 2.42 bits per heavy atom. The van der Waals surface area contributed by atoms with Crippen LogP contribution in [0.5, 0.6) is 0 Å². The lowest BCUT2D eigenvalue weighted by Crippen LogP contribution is -2.19. The van der Waals surface area contributed by atoms with Crippen LogP contribution in [0.3, 0.4) is 0 Å². The lowest BCUT2D eigenvalue weighted by Gasteiger charge is -2.22. The molecule has 1 aliphatic carbocycles. The van der Waals surface area contributed by atoms with Crippen molar-refractivity contribution < 1.29 is 9.53 Å². The summed E-state index contributed by atoms with van der Waals surface area (Å²) in [7, 11) is 3.62. The number of hydrogen-bond acceptors (Lipinski definition) is 2. The van der Waals surface area contributed by atoms with Crippen LogP contribution in [-0.4, -0.2) is 20.9 Å². The van der Waals surface area contributed by atoms with Crippen molar-refractivity contribution in [3.8, 4) is 0 Å². The Labute approximate surface area is 74.4 Å². The first kappa shape index (κ1) is 9.36. The maximum atomic E-state index is 11.2. The van der Waals surface area contributed by atoms with Crippen molar-refractivity contribution in [2.45, 2.75) is 25.6 Å².